The second kappa shape index (κ2) is 10.2. The van der Waals surface area contributed by atoms with E-state index in [1.54, 1.807) is 53.7 Å². The van der Waals surface area contributed by atoms with Crippen LogP contribution in [0.25, 0.3) is 0 Å². The molecule has 2 atom stereocenters. The number of ether oxygens (including phenoxy) is 3. The number of carbonyl (C=O) groups is 3. The van der Waals surface area contributed by atoms with Crippen LogP contribution >= 0.6 is 0 Å². The largest absolute Gasteiger partial charge is 0.480 e. The molecule has 0 aliphatic heterocycles. The average Bonchev–Trinajstić information content (AvgIpc) is 2.58. The van der Waals surface area contributed by atoms with Crippen molar-refractivity contribution in [2.45, 2.75) is 71.5 Å². The van der Waals surface area contributed by atoms with Crippen molar-refractivity contribution < 1.29 is 33.7 Å². The van der Waals surface area contributed by atoms with E-state index in [9.17, 15) is 19.5 Å². The van der Waals surface area contributed by atoms with Gasteiger partial charge in [-0.15, -0.1) is 6.58 Å². The van der Waals surface area contributed by atoms with Gasteiger partial charge in [-0.1, -0.05) is 36.4 Å². The highest BCUT2D eigenvalue weighted by atomic mass is 16.6. The summed E-state index contributed by atoms with van der Waals surface area (Å²) in [5.74, 6) is -1.47. The molecule has 1 aromatic rings. The molecule has 30 heavy (non-hydrogen) atoms. The first-order valence-electron chi connectivity index (χ1n) is 9.51. The van der Waals surface area contributed by atoms with Gasteiger partial charge in [0.05, 0.1) is 6.61 Å². The standard InChI is InChI=1S/C22H31NO7/c1-8-16(28-14-15-12-10-9-11-13-15)17(18(24)25)23(19(26)29-21(2,3)4)20(27)30-22(5,6)7/h8-13,16-17H,1,14H2,2-7H3,(H,24,25)/t16-,17+/m0/s1. The first kappa shape index (κ1) is 25.2. The van der Waals surface area contributed by atoms with Crippen LogP contribution < -0.4 is 0 Å². The molecule has 0 radical (unpaired) electrons. The molecular formula is C22H31NO7. The Bertz CT molecular complexity index is 719. The predicted octanol–water partition coefficient (Wildman–Crippen LogP) is 4.38. The Morgan fingerprint density at radius 1 is 1.00 bits per heavy atom. The number of aliphatic carboxylic acids is 1. The number of carboxylic acids is 1. The van der Waals surface area contributed by atoms with Gasteiger partial charge < -0.3 is 19.3 Å². The highest BCUT2D eigenvalue weighted by Gasteiger charge is 2.44. The minimum Gasteiger partial charge on any atom is -0.480 e. The van der Waals surface area contributed by atoms with E-state index < -0.39 is 41.5 Å². The monoisotopic (exact) mass is 421 g/mol. The van der Waals surface area contributed by atoms with Crippen LogP contribution in [0.15, 0.2) is 43.0 Å². The Kier molecular flexibility index (Phi) is 8.60. The van der Waals surface area contributed by atoms with Gasteiger partial charge in [0, 0.05) is 0 Å². The van der Waals surface area contributed by atoms with Crippen molar-refractivity contribution in [2.75, 3.05) is 0 Å². The van der Waals surface area contributed by atoms with Gasteiger partial charge in [0.1, 0.15) is 17.3 Å². The van der Waals surface area contributed by atoms with E-state index in [2.05, 4.69) is 6.58 Å². The molecule has 1 N–H and O–H groups in total. The predicted molar refractivity (Wildman–Crippen MR) is 111 cm³/mol. The van der Waals surface area contributed by atoms with E-state index in [-0.39, 0.29) is 6.61 Å². The van der Waals surface area contributed by atoms with Crippen LogP contribution in [0.1, 0.15) is 47.1 Å². The maximum atomic E-state index is 12.8. The first-order valence-corrected chi connectivity index (χ1v) is 9.51. The van der Waals surface area contributed by atoms with E-state index in [0.717, 1.165) is 5.56 Å². The number of hydrogen-bond donors (Lipinski definition) is 1. The second-order valence-electron chi connectivity index (χ2n) is 8.61. The summed E-state index contributed by atoms with van der Waals surface area (Å²) < 4.78 is 16.2. The fourth-order valence-electron chi connectivity index (χ4n) is 2.38. The van der Waals surface area contributed by atoms with Crippen LogP contribution in [0.4, 0.5) is 9.59 Å². The lowest BCUT2D eigenvalue weighted by atomic mass is 10.1. The molecule has 1 rings (SSSR count). The maximum Gasteiger partial charge on any atom is 0.420 e. The number of amides is 2. The first-order chi connectivity index (χ1) is 13.7. The molecule has 8 heteroatoms. The van der Waals surface area contributed by atoms with Gasteiger partial charge in [-0.25, -0.2) is 14.4 Å². The zero-order chi connectivity index (χ0) is 23.1. The molecule has 0 aliphatic carbocycles. The molecule has 0 unspecified atom stereocenters. The molecule has 0 spiro atoms. The lowest BCUT2D eigenvalue weighted by Crippen LogP contribution is -2.56. The molecule has 166 valence electrons. The summed E-state index contributed by atoms with van der Waals surface area (Å²) in [4.78, 5) is 38.1. The number of nitrogens with zero attached hydrogens (tertiary/aromatic N) is 1. The summed E-state index contributed by atoms with van der Waals surface area (Å²) >= 11 is 0. The third kappa shape index (κ3) is 8.24. The Hall–Kier alpha value is -2.87. The van der Waals surface area contributed by atoms with E-state index >= 15 is 0 Å². The highest BCUT2D eigenvalue weighted by molar-refractivity contribution is 5.94. The maximum absolute atomic E-state index is 12.8. The lowest BCUT2D eigenvalue weighted by molar-refractivity contribution is -0.148. The zero-order valence-electron chi connectivity index (χ0n) is 18.4. The summed E-state index contributed by atoms with van der Waals surface area (Å²) in [6.45, 7) is 13.3. The minimum absolute atomic E-state index is 0.0534. The van der Waals surface area contributed by atoms with Crippen LogP contribution in [0, 0.1) is 0 Å². The summed E-state index contributed by atoms with van der Waals surface area (Å²) in [6, 6.07) is 7.32. The molecule has 0 aliphatic rings. The smallest absolute Gasteiger partial charge is 0.420 e. The third-order valence-electron chi connectivity index (χ3n) is 3.54. The highest BCUT2D eigenvalue weighted by Crippen LogP contribution is 2.21. The van der Waals surface area contributed by atoms with Gasteiger partial charge in [-0.3, -0.25) is 0 Å². The van der Waals surface area contributed by atoms with Crippen LogP contribution in [-0.2, 0) is 25.6 Å². The second-order valence-corrected chi connectivity index (χ2v) is 8.61. The van der Waals surface area contributed by atoms with Crippen molar-refractivity contribution in [3.05, 3.63) is 48.6 Å². The van der Waals surface area contributed by atoms with Crippen LogP contribution in [-0.4, -0.2) is 51.5 Å². The minimum atomic E-state index is -1.74. The van der Waals surface area contributed by atoms with Gasteiger partial charge in [0.15, 0.2) is 6.04 Å². The number of rotatable bonds is 7. The van der Waals surface area contributed by atoms with Crippen molar-refractivity contribution in [3.63, 3.8) is 0 Å². The van der Waals surface area contributed by atoms with E-state index in [4.69, 9.17) is 14.2 Å². The molecule has 0 aromatic heterocycles. The van der Waals surface area contributed by atoms with Crippen molar-refractivity contribution in [3.8, 4) is 0 Å². The van der Waals surface area contributed by atoms with Crippen LogP contribution in [0.2, 0.25) is 0 Å². The van der Waals surface area contributed by atoms with E-state index in [1.807, 2.05) is 18.2 Å². The van der Waals surface area contributed by atoms with Gasteiger partial charge in [0.25, 0.3) is 0 Å². The Morgan fingerprint density at radius 3 is 1.83 bits per heavy atom. The molecule has 8 nitrogen and oxygen atoms in total. The zero-order valence-corrected chi connectivity index (χ0v) is 18.4. The number of carbonyl (C=O) groups excluding carboxylic acids is 2. The summed E-state index contributed by atoms with van der Waals surface area (Å²) in [6.07, 6.45) is -2.29. The number of imide groups is 1. The normalized spacial score (nSPS) is 13.7. The molecule has 1 aromatic carbocycles. The number of benzene rings is 1. The van der Waals surface area contributed by atoms with Crippen LogP contribution in [0.3, 0.4) is 0 Å². The van der Waals surface area contributed by atoms with E-state index in [1.165, 1.54) is 6.08 Å². The summed E-state index contributed by atoms with van der Waals surface area (Å²) in [5, 5.41) is 9.85. The van der Waals surface area contributed by atoms with Gasteiger partial charge in [-0.2, -0.15) is 4.90 Å². The Morgan fingerprint density at radius 2 is 1.47 bits per heavy atom. The van der Waals surface area contributed by atoms with Gasteiger partial charge >= 0.3 is 18.2 Å². The van der Waals surface area contributed by atoms with Crippen molar-refractivity contribution >= 4 is 18.2 Å². The fraction of sp³-hybridized carbons (Fsp3) is 0.500. The third-order valence-corrected chi connectivity index (χ3v) is 3.54. The van der Waals surface area contributed by atoms with Crippen molar-refractivity contribution in [1.82, 2.24) is 4.90 Å². The molecular weight excluding hydrogens is 390 g/mol. The van der Waals surface area contributed by atoms with Gasteiger partial charge in [-0.05, 0) is 47.1 Å². The molecule has 2 amide bonds. The number of hydrogen-bond acceptors (Lipinski definition) is 6. The SMILES string of the molecule is C=C[C@H](OCc1ccccc1)[C@H](C(=O)O)N(C(=O)OC(C)(C)C)C(=O)OC(C)(C)C. The van der Waals surface area contributed by atoms with Gasteiger partial charge in [0.2, 0.25) is 0 Å². The van der Waals surface area contributed by atoms with E-state index in [0.29, 0.717) is 4.90 Å². The van der Waals surface area contributed by atoms with Crippen LogP contribution in [0.5, 0.6) is 0 Å². The summed E-state index contributed by atoms with van der Waals surface area (Å²) in [5.41, 5.74) is -1.14. The number of carboxylic acid groups (broad SMARTS) is 1. The molecule has 0 fully saturated rings. The fourth-order valence-corrected chi connectivity index (χ4v) is 2.38. The Labute approximate surface area is 177 Å². The quantitative estimate of drug-likeness (QED) is 0.652. The molecule has 0 saturated heterocycles. The average molecular weight is 421 g/mol. The lowest BCUT2D eigenvalue weighted by Gasteiger charge is -2.34. The van der Waals surface area contributed by atoms with Crippen molar-refractivity contribution in [2.24, 2.45) is 0 Å². The summed E-state index contributed by atoms with van der Waals surface area (Å²) in [7, 11) is 0. The Balaban J connectivity index is 3.25. The topological polar surface area (TPSA) is 102 Å². The molecule has 0 saturated carbocycles. The molecule has 0 bridgehead atoms. The molecule has 0 heterocycles. The van der Waals surface area contributed by atoms with Crippen molar-refractivity contribution in [1.29, 1.82) is 0 Å².